The number of nitrogens with one attached hydrogen (secondary N) is 1. The topological polar surface area (TPSA) is 42.3 Å². The number of rotatable bonds is 4. The molecule has 1 aliphatic rings. The fourth-order valence-electron chi connectivity index (χ4n) is 2.19. The van der Waals surface area contributed by atoms with E-state index in [1.807, 2.05) is 10.9 Å². The molecule has 1 N–H and O–H groups in total. The van der Waals surface area contributed by atoms with Crippen molar-refractivity contribution in [1.29, 1.82) is 0 Å². The molecule has 2 heterocycles. The van der Waals surface area contributed by atoms with E-state index in [0.29, 0.717) is 18.7 Å². The number of nitrogens with zero attached hydrogens (tertiary/aromatic N) is 3. The summed E-state index contributed by atoms with van der Waals surface area (Å²) in [6.45, 7) is 8.04. The van der Waals surface area contributed by atoms with E-state index in [1.165, 1.54) is 5.69 Å². The average Bonchev–Trinajstić information content (AvgIpc) is 2.78. The Morgan fingerprint density at radius 1 is 1.53 bits per heavy atom. The van der Waals surface area contributed by atoms with Gasteiger partial charge in [0.2, 0.25) is 0 Å². The second kappa shape index (κ2) is 5.51. The fourth-order valence-corrected chi connectivity index (χ4v) is 2.19. The number of ether oxygens (including phenoxy) is 1. The highest BCUT2D eigenvalue weighted by Gasteiger charge is 2.23. The van der Waals surface area contributed by atoms with Crippen molar-refractivity contribution in [3.05, 3.63) is 12.4 Å². The van der Waals surface area contributed by atoms with Crippen LogP contribution < -0.4 is 10.2 Å². The van der Waals surface area contributed by atoms with E-state index in [9.17, 15) is 0 Å². The quantitative estimate of drug-likeness (QED) is 0.839. The summed E-state index contributed by atoms with van der Waals surface area (Å²) < 4.78 is 7.00. The molecule has 5 heteroatoms. The van der Waals surface area contributed by atoms with E-state index in [-0.39, 0.29) is 0 Å². The van der Waals surface area contributed by atoms with Gasteiger partial charge in [0.15, 0.2) is 0 Å². The Balaban J connectivity index is 2.02. The van der Waals surface area contributed by atoms with Crippen LogP contribution >= 0.6 is 0 Å². The molecule has 2 atom stereocenters. The predicted molar refractivity (Wildman–Crippen MR) is 68.4 cm³/mol. The molecule has 0 aromatic carbocycles. The average molecular weight is 238 g/mol. The number of hydrogen-bond acceptors (Lipinski definition) is 4. The zero-order valence-electron chi connectivity index (χ0n) is 10.9. The van der Waals surface area contributed by atoms with Crippen molar-refractivity contribution in [3.63, 3.8) is 0 Å². The lowest BCUT2D eigenvalue weighted by Gasteiger charge is -2.38. The van der Waals surface area contributed by atoms with Gasteiger partial charge < -0.3 is 15.0 Å². The van der Waals surface area contributed by atoms with Gasteiger partial charge in [0, 0.05) is 38.5 Å². The molecule has 1 fully saturated rings. The van der Waals surface area contributed by atoms with Crippen LogP contribution in [0.2, 0.25) is 0 Å². The molecule has 0 radical (unpaired) electrons. The maximum Gasteiger partial charge on any atom is 0.0755 e. The van der Waals surface area contributed by atoms with Crippen molar-refractivity contribution in [1.82, 2.24) is 15.1 Å². The minimum Gasteiger partial charge on any atom is -0.383 e. The maximum absolute atomic E-state index is 5.05. The van der Waals surface area contributed by atoms with Crippen molar-refractivity contribution in [2.45, 2.75) is 32.5 Å². The highest BCUT2D eigenvalue weighted by molar-refractivity contribution is 5.44. The first-order chi connectivity index (χ1) is 8.20. The molecule has 0 saturated carbocycles. The van der Waals surface area contributed by atoms with Gasteiger partial charge in [0.25, 0.3) is 0 Å². The highest BCUT2D eigenvalue weighted by Crippen LogP contribution is 2.18. The van der Waals surface area contributed by atoms with Crippen molar-refractivity contribution in [3.8, 4) is 0 Å². The minimum absolute atomic E-state index is 0.520. The third-order valence-electron chi connectivity index (χ3n) is 3.24. The van der Waals surface area contributed by atoms with Crippen LogP contribution in [-0.2, 0) is 11.3 Å². The first-order valence-corrected chi connectivity index (χ1v) is 6.22. The molecule has 5 nitrogen and oxygen atoms in total. The van der Waals surface area contributed by atoms with Crippen LogP contribution in [-0.4, -0.2) is 48.7 Å². The van der Waals surface area contributed by atoms with E-state index in [1.54, 1.807) is 7.11 Å². The van der Waals surface area contributed by atoms with Gasteiger partial charge in [-0.15, -0.1) is 0 Å². The molecule has 1 aromatic rings. The Kier molecular flexibility index (Phi) is 4.02. The monoisotopic (exact) mass is 238 g/mol. The van der Waals surface area contributed by atoms with Crippen LogP contribution in [0.25, 0.3) is 0 Å². The summed E-state index contributed by atoms with van der Waals surface area (Å²) >= 11 is 0. The summed E-state index contributed by atoms with van der Waals surface area (Å²) in [5, 5.41) is 7.85. The largest absolute Gasteiger partial charge is 0.383 e. The molecule has 1 saturated heterocycles. The molecular formula is C12H22N4O. The first-order valence-electron chi connectivity index (χ1n) is 6.22. The second-order valence-electron chi connectivity index (χ2n) is 4.77. The molecular weight excluding hydrogens is 216 g/mol. The van der Waals surface area contributed by atoms with Gasteiger partial charge in [-0.2, -0.15) is 5.10 Å². The summed E-state index contributed by atoms with van der Waals surface area (Å²) in [4.78, 5) is 2.41. The van der Waals surface area contributed by atoms with E-state index in [4.69, 9.17) is 4.74 Å². The van der Waals surface area contributed by atoms with Crippen LogP contribution in [0.4, 0.5) is 5.69 Å². The highest BCUT2D eigenvalue weighted by atomic mass is 16.5. The molecule has 0 aliphatic carbocycles. The Bertz CT molecular complexity index is 352. The van der Waals surface area contributed by atoms with Crippen LogP contribution in [0.1, 0.15) is 13.8 Å². The van der Waals surface area contributed by atoms with E-state index in [2.05, 4.69) is 35.4 Å². The summed E-state index contributed by atoms with van der Waals surface area (Å²) in [6.07, 6.45) is 4.05. The molecule has 17 heavy (non-hydrogen) atoms. The van der Waals surface area contributed by atoms with Gasteiger partial charge in [0.1, 0.15) is 0 Å². The Hall–Kier alpha value is -1.07. The molecule has 0 amide bonds. The number of methoxy groups -OCH3 is 1. The zero-order chi connectivity index (χ0) is 12.3. The molecule has 1 aliphatic heterocycles. The van der Waals surface area contributed by atoms with Crippen molar-refractivity contribution < 1.29 is 4.74 Å². The van der Waals surface area contributed by atoms with Crippen molar-refractivity contribution >= 4 is 5.69 Å². The molecule has 2 unspecified atom stereocenters. The van der Waals surface area contributed by atoms with Crippen LogP contribution in [0.15, 0.2) is 12.4 Å². The van der Waals surface area contributed by atoms with E-state index < -0.39 is 0 Å². The molecule has 96 valence electrons. The Labute approximate surface area is 103 Å². The third kappa shape index (κ3) is 2.98. The smallest absolute Gasteiger partial charge is 0.0755 e. The molecule has 0 spiro atoms. The number of piperazine rings is 1. The molecule has 1 aromatic heterocycles. The lowest BCUT2D eigenvalue weighted by Crippen LogP contribution is -2.54. The van der Waals surface area contributed by atoms with Crippen LogP contribution in [0, 0.1) is 0 Å². The maximum atomic E-state index is 5.05. The number of hydrogen-bond donors (Lipinski definition) is 1. The van der Waals surface area contributed by atoms with Gasteiger partial charge in [-0.25, -0.2) is 0 Å². The summed E-state index contributed by atoms with van der Waals surface area (Å²) in [5.74, 6) is 0. The second-order valence-corrected chi connectivity index (χ2v) is 4.77. The fraction of sp³-hybridized carbons (Fsp3) is 0.750. The number of anilines is 1. The molecule has 0 bridgehead atoms. The van der Waals surface area contributed by atoms with Crippen molar-refractivity contribution in [2.75, 3.05) is 31.7 Å². The van der Waals surface area contributed by atoms with Gasteiger partial charge in [-0.3, -0.25) is 4.68 Å². The third-order valence-corrected chi connectivity index (χ3v) is 3.24. The standard InChI is InChI=1S/C12H22N4O/c1-10-8-16(11(2)6-13-10)12-7-14-15(9-12)4-5-17-3/h7,9-11,13H,4-6,8H2,1-3H3. The van der Waals surface area contributed by atoms with Gasteiger partial charge in [-0.05, 0) is 13.8 Å². The van der Waals surface area contributed by atoms with Gasteiger partial charge in [0.05, 0.1) is 25.0 Å². The number of aromatic nitrogens is 2. The lowest BCUT2D eigenvalue weighted by atomic mass is 10.1. The molecule has 2 rings (SSSR count). The summed E-state index contributed by atoms with van der Waals surface area (Å²) in [5.41, 5.74) is 1.21. The van der Waals surface area contributed by atoms with Crippen LogP contribution in [0.3, 0.4) is 0 Å². The first kappa shape index (κ1) is 12.4. The van der Waals surface area contributed by atoms with Gasteiger partial charge >= 0.3 is 0 Å². The summed E-state index contributed by atoms with van der Waals surface area (Å²) in [6, 6.07) is 1.06. The van der Waals surface area contributed by atoms with E-state index in [0.717, 1.165) is 19.6 Å². The summed E-state index contributed by atoms with van der Waals surface area (Å²) in [7, 11) is 1.71. The predicted octanol–water partition coefficient (Wildman–Crippen LogP) is 0.716. The van der Waals surface area contributed by atoms with Gasteiger partial charge in [-0.1, -0.05) is 0 Å². The normalized spacial score (nSPS) is 25.2. The van der Waals surface area contributed by atoms with Crippen molar-refractivity contribution in [2.24, 2.45) is 0 Å². The van der Waals surface area contributed by atoms with E-state index >= 15 is 0 Å². The SMILES string of the molecule is COCCn1cc(N2CC(C)NCC2C)cn1. The zero-order valence-corrected chi connectivity index (χ0v) is 10.9. The lowest BCUT2D eigenvalue weighted by molar-refractivity contribution is 0.183. The Morgan fingerprint density at radius 3 is 3.12 bits per heavy atom. The Morgan fingerprint density at radius 2 is 2.35 bits per heavy atom. The van der Waals surface area contributed by atoms with Crippen LogP contribution in [0.5, 0.6) is 0 Å². The minimum atomic E-state index is 0.520.